The van der Waals surface area contributed by atoms with Crippen LogP contribution in [0.4, 0.5) is 5.69 Å². The summed E-state index contributed by atoms with van der Waals surface area (Å²) in [5.74, 6) is 1.13. The number of anilines is 1. The van der Waals surface area contributed by atoms with E-state index in [1.54, 1.807) is 0 Å². The van der Waals surface area contributed by atoms with Gasteiger partial charge in [-0.05, 0) is 48.6 Å². The van der Waals surface area contributed by atoms with Crippen LogP contribution in [0.5, 0.6) is 5.75 Å². The molecule has 0 radical (unpaired) electrons. The number of hydrogen-bond acceptors (Lipinski definition) is 3. The van der Waals surface area contributed by atoms with Gasteiger partial charge in [0.05, 0.1) is 0 Å². The third-order valence-electron chi connectivity index (χ3n) is 4.02. The monoisotopic (exact) mass is 340 g/mol. The molecular weight excluding hydrogens is 312 g/mol. The molecule has 2 aromatic rings. The molecule has 4 nitrogen and oxygen atoms in total. The number of aryl methyl sites for hydroxylation is 1. The molecule has 0 aliphatic carbocycles. The highest BCUT2D eigenvalue weighted by Crippen LogP contribution is 2.24. The maximum absolute atomic E-state index is 11.9. The van der Waals surface area contributed by atoms with Gasteiger partial charge in [0.25, 0.3) is 5.91 Å². The van der Waals surface area contributed by atoms with Crippen molar-refractivity contribution in [1.29, 1.82) is 0 Å². The van der Waals surface area contributed by atoms with E-state index >= 15 is 0 Å². The zero-order valence-corrected chi connectivity index (χ0v) is 15.3. The SMILES string of the molecule is Cc1ccc(C(C)C)cc1OCC(=O)NCCCNc1ccccc1. The summed E-state index contributed by atoms with van der Waals surface area (Å²) in [6, 6.07) is 16.2. The fourth-order valence-corrected chi connectivity index (χ4v) is 2.43. The van der Waals surface area contributed by atoms with Crippen molar-refractivity contribution in [1.82, 2.24) is 5.32 Å². The maximum Gasteiger partial charge on any atom is 0.257 e. The van der Waals surface area contributed by atoms with Gasteiger partial charge in [-0.3, -0.25) is 4.79 Å². The van der Waals surface area contributed by atoms with Gasteiger partial charge >= 0.3 is 0 Å². The second kappa shape index (κ2) is 9.72. The minimum absolute atomic E-state index is 0.0501. The quantitative estimate of drug-likeness (QED) is 0.675. The molecule has 0 unspecified atom stereocenters. The normalized spacial score (nSPS) is 10.6. The van der Waals surface area contributed by atoms with Crippen LogP contribution < -0.4 is 15.4 Å². The number of para-hydroxylation sites is 1. The molecule has 0 saturated heterocycles. The summed E-state index contributed by atoms with van der Waals surface area (Å²) in [5, 5.41) is 6.21. The number of carbonyl (C=O) groups is 1. The lowest BCUT2D eigenvalue weighted by Gasteiger charge is -2.13. The average molecular weight is 340 g/mol. The Bertz CT molecular complexity index is 669. The van der Waals surface area contributed by atoms with Crippen LogP contribution in [0, 0.1) is 6.92 Å². The Morgan fingerprint density at radius 2 is 1.84 bits per heavy atom. The van der Waals surface area contributed by atoms with Gasteiger partial charge in [0.1, 0.15) is 5.75 Å². The summed E-state index contributed by atoms with van der Waals surface area (Å²) in [7, 11) is 0. The fraction of sp³-hybridized carbons (Fsp3) is 0.381. The summed E-state index contributed by atoms with van der Waals surface area (Å²) in [6.07, 6.45) is 0.864. The molecule has 0 fully saturated rings. The summed E-state index contributed by atoms with van der Waals surface area (Å²) in [5.41, 5.74) is 3.36. The van der Waals surface area contributed by atoms with E-state index in [1.807, 2.05) is 49.4 Å². The second-order valence-electron chi connectivity index (χ2n) is 6.46. The molecule has 0 aromatic heterocycles. The van der Waals surface area contributed by atoms with Crippen LogP contribution in [0.1, 0.15) is 37.3 Å². The van der Waals surface area contributed by atoms with Crippen LogP contribution in [-0.2, 0) is 4.79 Å². The largest absolute Gasteiger partial charge is 0.483 e. The van der Waals surface area contributed by atoms with E-state index in [0.717, 1.165) is 30.0 Å². The minimum atomic E-state index is -0.0888. The van der Waals surface area contributed by atoms with Crippen LogP contribution >= 0.6 is 0 Å². The molecule has 0 spiro atoms. The Labute approximate surface area is 150 Å². The lowest BCUT2D eigenvalue weighted by molar-refractivity contribution is -0.123. The smallest absolute Gasteiger partial charge is 0.257 e. The summed E-state index contributed by atoms with van der Waals surface area (Å²) < 4.78 is 5.69. The third kappa shape index (κ3) is 6.49. The first-order chi connectivity index (χ1) is 12.1. The van der Waals surface area contributed by atoms with Crippen LogP contribution in [-0.4, -0.2) is 25.6 Å². The molecule has 25 heavy (non-hydrogen) atoms. The van der Waals surface area contributed by atoms with E-state index in [-0.39, 0.29) is 12.5 Å². The summed E-state index contributed by atoms with van der Waals surface area (Å²) >= 11 is 0. The first-order valence-corrected chi connectivity index (χ1v) is 8.85. The molecule has 0 aliphatic rings. The van der Waals surface area contributed by atoms with E-state index < -0.39 is 0 Å². The molecule has 134 valence electrons. The van der Waals surface area contributed by atoms with Crippen molar-refractivity contribution in [2.24, 2.45) is 0 Å². The molecule has 0 heterocycles. The highest BCUT2D eigenvalue weighted by molar-refractivity contribution is 5.77. The van der Waals surface area contributed by atoms with Crippen molar-refractivity contribution in [2.75, 3.05) is 25.0 Å². The minimum Gasteiger partial charge on any atom is -0.483 e. The Morgan fingerprint density at radius 3 is 2.56 bits per heavy atom. The lowest BCUT2D eigenvalue weighted by atomic mass is 10.0. The Kier molecular flexibility index (Phi) is 7.33. The predicted molar refractivity (Wildman–Crippen MR) is 103 cm³/mol. The highest BCUT2D eigenvalue weighted by Gasteiger charge is 2.07. The maximum atomic E-state index is 11.9. The standard InChI is InChI=1S/C21H28N2O2/c1-16(2)18-11-10-17(3)20(14-18)25-15-21(24)23-13-7-12-22-19-8-5-4-6-9-19/h4-6,8-11,14,16,22H,7,12-13,15H2,1-3H3,(H,23,24). The van der Waals surface area contributed by atoms with Crippen molar-refractivity contribution in [3.05, 3.63) is 59.7 Å². The Balaban J connectivity index is 1.66. The number of rotatable bonds is 9. The van der Waals surface area contributed by atoms with Crippen molar-refractivity contribution in [3.8, 4) is 5.75 Å². The van der Waals surface area contributed by atoms with Gasteiger partial charge in [-0.2, -0.15) is 0 Å². The van der Waals surface area contributed by atoms with Gasteiger partial charge in [0.15, 0.2) is 6.61 Å². The van der Waals surface area contributed by atoms with Gasteiger partial charge in [0, 0.05) is 18.8 Å². The number of benzene rings is 2. The molecular formula is C21H28N2O2. The van der Waals surface area contributed by atoms with E-state index in [2.05, 4.69) is 30.5 Å². The number of amides is 1. The number of nitrogens with one attached hydrogen (secondary N) is 2. The van der Waals surface area contributed by atoms with Crippen LogP contribution in [0.2, 0.25) is 0 Å². The zero-order valence-electron chi connectivity index (χ0n) is 15.3. The van der Waals surface area contributed by atoms with Crippen molar-refractivity contribution in [2.45, 2.75) is 33.1 Å². The zero-order chi connectivity index (χ0) is 18.1. The fourth-order valence-electron chi connectivity index (χ4n) is 2.43. The number of hydrogen-bond donors (Lipinski definition) is 2. The lowest BCUT2D eigenvalue weighted by Crippen LogP contribution is -2.30. The molecule has 4 heteroatoms. The van der Waals surface area contributed by atoms with Crippen molar-refractivity contribution in [3.63, 3.8) is 0 Å². The molecule has 0 saturated carbocycles. The number of ether oxygens (including phenoxy) is 1. The molecule has 2 N–H and O–H groups in total. The molecule has 1 amide bonds. The first kappa shape index (κ1) is 18.8. The van der Waals surface area contributed by atoms with Crippen molar-refractivity contribution < 1.29 is 9.53 Å². The summed E-state index contributed by atoms with van der Waals surface area (Å²) in [6.45, 7) is 7.78. The van der Waals surface area contributed by atoms with E-state index in [0.29, 0.717) is 12.5 Å². The van der Waals surface area contributed by atoms with Gasteiger partial charge in [-0.15, -0.1) is 0 Å². The van der Waals surface area contributed by atoms with Crippen LogP contribution in [0.3, 0.4) is 0 Å². The van der Waals surface area contributed by atoms with Crippen LogP contribution in [0.15, 0.2) is 48.5 Å². The number of carbonyl (C=O) groups excluding carboxylic acids is 1. The van der Waals surface area contributed by atoms with Gasteiger partial charge in [0.2, 0.25) is 0 Å². The molecule has 0 aliphatic heterocycles. The average Bonchev–Trinajstić information content (AvgIpc) is 2.61. The molecule has 0 bridgehead atoms. The van der Waals surface area contributed by atoms with Gasteiger partial charge < -0.3 is 15.4 Å². The molecule has 0 atom stereocenters. The first-order valence-electron chi connectivity index (χ1n) is 8.85. The Hall–Kier alpha value is -2.49. The van der Waals surface area contributed by atoms with Gasteiger partial charge in [-0.25, -0.2) is 0 Å². The molecule has 2 rings (SSSR count). The van der Waals surface area contributed by atoms with Gasteiger partial charge in [-0.1, -0.05) is 44.2 Å². The topological polar surface area (TPSA) is 50.4 Å². The summed E-state index contributed by atoms with van der Waals surface area (Å²) in [4.78, 5) is 11.9. The highest BCUT2D eigenvalue weighted by atomic mass is 16.5. The van der Waals surface area contributed by atoms with Crippen molar-refractivity contribution >= 4 is 11.6 Å². The third-order valence-corrected chi connectivity index (χ3v) is 4.02. The Morgan fingerprint density at radius 1 is 1.08 bits per heavy atom. The molecule has 2 aromatic carbocycles. The van der Waals surface area contributed by atoms with E-state index in [1.165, 1.54) is 5.56 Å². The van der Waals surface area contributed by atoms with Crippen LogP contribution in [0.25, 0.3) is 0 Å². The van der Waals surface area contributed by atoms with E-state index in [4.69, 9.17) is 4.74 Å². The van der Waals surface area contributed by atoms with E-state index in [9.17, 15) is 4.79 Å². The second-order valence-corrected chi connectivity index (χ2v) is 6.46. The predicted octanol–water partition coefficient (Wildman–Crippen LogP) is 4.12.